The number of phenolic OH excluding ortho intramolecular Hbond substituents is 1. The first-order chi connectivity index (χ1) is 11.4. The average molecular weight is 371 g/mol. The highest BCUT2D eigenvalue weighted by atomic mass is 35.5. The molecular weight excluding hydrogens is 340 g/mol. The highest BCUT2D eigenvalue weighted by Gasteiger charge is 2.28. The van der Waals surface area contributed by atoms with Crippen LogP contribution in [-0.4, -0.2) is 61.2 Å². The third-order valence-corrected chi connectivity index (χ3v) is 4.90. The van der Waals surface area contributed by atoms with E-state index < -0.39 is 0 Å². The summed E-state index contributed by atoms with van der Waals surface area (Å²) in [4.78, 5) is 17.2. The van der Waals surface area contributed by atoms with Gasteiger partial charge in [0, 0.05) is 24.7 Å². The van der Waals surface area contributed by atoms with Crippen LogP contribution in [0.2, 0.25) is 0 Å². The highest BCUT2D eigenvalue weighted by Crippen LogP contribution is 2.30. The molecule has 1 aliphatic rings. The smallest absolute Gasteiger partial charge is 0.254 e. The van der Waals surface area contributed by atoms with Crippen molar-refractivity contribution in [3.8, 4) is 11.5 Å². The first-order valence-corrected chi connectivity index (χ1v) is 8.75. The zero-order chi connectivity index (χ0) is 17.7. The van der Waals surface area contributed by atoms with Crippen LogP contribution in [0.1, 0.15) is 43.0 Å². The molecule has 142 valence electrons. The maximum absolute atomic E-state index is 13.1. The van der Waals surface area contributed by atoms with Gasteiger partial charge in [-0.2, -0.15) is 0 Å². The first-order valence-electron chi connectivity index (χ1n) is 8.75. The van der Waals surface area contributed by atoms with E-state index in [1.165, 1.54) is 26.0 Å². The van der Waals surface area contributed by atoms with Crippen LogP contribution in [0.3, 0.4) is 0 Å². The van der Waals surface area contributed by atoms with E-state index in [4.69, 9.17) is 4.74 Å². The Morgan fingerprint density at radius 1 is 1.20 bits per heavy atom. The summed E-state index contributed by atoms with van der Waals surface area (Å²) < 4.78 is 5.14. The number of nitrogens with zero attached hydrogens (tertiary/aromatic N) is 2. The highest BCUT2D eigenvalue weighted by molar-refractivity contribution is 5.95. The molecule has 6 heteroatoms. The van der Waals surface area contributed by atoms with Gasteiger partial charge >= 0.3 is 0 Å². The van der Waals surface area contributed by atoms with Gasteiger partial charge in [0.05, 0.1) is 7.11 Å². The maximum Gasteiger partial charge on any atom is 0.254 e. The summed E-state index contributed by atoms with van der Waals surface area (Å²) in [5.41, 5.74) is 0.571. The Morgan fingerprint density at radius 2 is 1.84 bits per heavy atom. The second-order valence-corrected chi connectivity index (χ2v) is 7.10. The number of benzene rings is 1. The van der Waals surface area contributed by atoms with E-state index in [0.717, 1.165) is 25.3 Å². The molecule has 25 heavy (non-hydrogen) atoms. The van der Waals surface area contributed by atoms with Crippen molar-refractivity contribution in [2.24, 2.45) is 5.92 Å². The van der Waals surface area contributed by atoms with E-state index in [1.807, 2.05) is 19.0 Å². The van der Waals surface area contributed by atoms with Gasteiger partial charge in [-0.25, -0.2) is 0 Å². The van der Waals surface area contributed by atoms with Crippen molar-refractivity contribution in [1.82, 2.24) is 9.80 Å². The molecule has 0 atom stereocenters. The summed E-state index contributed by atoms with van der Waals surface area (Å²) in [6, 6.07) is 5.13. The SMILES string of the molecule is COc1cc(C(=O)N(CCN(C)C)[C@H]2CC[C@H](C)CC2)ccc1O.Cl. The summed E-state index contributed by atoms with van der Waals surface area (Å²) in [5.74, 6) is 1.17. The summed E-state index contributed by atoms with van der Waals surface area (Å²) in [6.45, 7) is 3.84. The molecule has 1 saturated carbocycles. The second kappa shape index (κ2) is 9.88. The Balaban J connectivity index is 0.00000312. The van der Waals surface area contributed by atoms with Gasteiger partial charge in [-0.05, 0) is 63.9 Å². The Labute approximate surface area is 157 Å². The molecule has 0 saturated heterocycles. The number of carbonyl (C=O) groups excluding carboxylic acids is 1. The quantitative estimate of drug-likeness (QED) is 0.833. The van der Waals surface area contributed by atoms with Crippen LogP contribution in [-0.2, 0) is 0 Å². The Kier molecular flexibility index (Phi) is 8.53. The minimum atomic E-state index is 0. The van der Waals surface area contributed by atoms with Crippen LogP contribution in [0.25, 0.3) is 0 Å². The lowest BCUT2D eigenvalue weighted by atomic mass is 9.86. The average Bonchev–Trinajstić information content (AvgIpc) is 2.56. The Hall–Kier alpha value is -1.46. The van der Waals surface area contributed by atoms with Gasteiger partial charge in [-0.3, -0.25) is 4.79 Å². The minimum Gasteiger partial charge on any atom is -0.504 e. The Morgan fingerprint density at radius 3 is 2.40 bits per heavy atom. The van der Waals surface area contributed by atoms with Crippen LogP contribution >= 0.6 is 12.4 Å². The van der Waals surface area contributed by atoms with Gasteiger partial charge in [0.25, 0.3) is 5.91 Å². The van der Waals surface area contributed by atoms with E-state index in [1.54, 1.807) is 12.1 Å². The Bertz CT molecular complexity index is 558. The number of rotatable bonds is 6. The normalized spacial score (nSPS) is 20.0. The van der Waals surface area contributed by atoms with Crippen molar-refractivity contribution in [1.29, 1.82) is 0 Å². The summed E-state index contributed by atoms with van der Waals surface area (Å²) in [7, 11) is 5.54. The summed E-state index contributed by atoms with van der Waals surface area (Å²) in [6.07, 6.45) is 4.48. The molecule has 1 amide bonds. The monoisotopic (exact) mass is 370 g/mol. The lowest BCUT2D eigenvalue weighted by Gasteiger charge is -2.37. The van der Waals surface area contributed by atoms with Crippen molar-refractivity contribution in [3.63, 3.8) is 0 Å². The number of halogens is 1. The zero-order valence-electron chi connectivity index (χ0n) is 15.7. The molecule has 0 radical (unpaired) electrons. The van der Waals surface area contributed by atoms with E-state index >= 15 is 0 Å². The van der Waals surface area contributed by atoms with Crippen LogP contribution in [0, 0.1) is 5.92 Å². The number of likely N-dealkylation sites (N-methyl/N-ethyl adjacent to an activating group) is 1. The molecule has 5 nitrogen and oxygen atoms in total. The lowest BCUT2D eigenvalue weighted by molar-refractivity contribution is 0.0597. The molecule has 0 heterocycles. The molecule has 0 aromatic heterocycles. The van der Waals surface area contributed by atoms with Gasteiger partial charge < -0.3 is 19.6 Å². The minimum absolute atomic E-state index is 0. The fourth-order valence-corrected chi connectivity index (χ4v) is 3.29. The number of hydrogen-bond donors (Lipinski definition) is 1. The fraction of sp³-hybridized carbons (Fsp3) is 0.632. The maximum atomic E-state index is 13.1. The lowest BCUT2D eigenvalue weighted by Crippen LogP contribution is -2.45. The van der Waals surface area contributed by atoms with E-state index in [-0.39, 0.29) is 24.1 Å². The molecule has 0 unspecified atom stereocenters. The van der Waals surface area contributed by atoms with Crippen LogP contribution in [0.4, 0.5) is 0 Å². The first kappa shape index (κ1) is 21.6. The predicted molar refractivity (Wildman–Crippen MR) is 103 cm³/mol. The number of amides is 1. The van der Waals surface area contributed by atoms with Gasteiger partial charge in [-0.15, -0.1) is 12.4 Å². The molecule has 1 aromatic rings. The molecule has 0 aliphatic heterocycles. The number of carbonyl (C=O) groups is 1. The molecular formula is C19H31ClN2O3. The van der Waals surface area contributed by atoms with Crippen molar-refractivity contribution in [3.05, 3.63) is 23.8 Å². The molecule has 0 spiro atoms. The standard InChI is InChI=1S/C19H30N2O3.ClH/c1-14-5-8-16(9-6-14)21(12-11-20(2)3)19(23)15-7-10-17(22)18(13-15)24-4;/h7,10,13-14,16,22H,5-6,8-9,11-12H2,1-4H3;1H/t14-,16-;. The van der Waals surface area contributed by atoms with E-state index in [2.05, 4.69) is 11.8 Å². The van der Waals surface area contributed by atoms with E-state index in [9.17, 15) is 9.90 Å². The number of phenols is 1. The van der Waals surface area contributed by atoms with Gasteiger partial charge in [-0.1, -0.05) is 6.92 Å². The largest absolute Gasteiger partial charge is 0.504 e. The van der Waals surface area contributed by atoms with E-state index in [0.29, 0.717) is 23.9 Å². The van der Waals surface area contributed by atoms with Crippen LogP contribution in [0.5, 0.6) is 11.5 Å². The fourth-order valence-electron chi connectivity index (χ4n) is 3.29. The second-order valence-electron chi connectivity index (χ2n) is 7.10. The van der Waals surface area contributed by atoms with Crippen LogP contribution < -0.4 is 4.74 Å². The molecule has 0 bridgehead atoms. The molecule has 1 N–H and O–H groups in total. The number of methoxy groups -OCH3 is 1. The van der Waals surface area contributed by atoms with Crippen molar-refractivity contribution in [2.45, 2.75) is 38.6 Å². The van der Waals surface area contributed by atoms with Gasteiger partial charge in [0.1, 0.15) is 0 Å². The van der Waals surface area contributed by atoms with Crippen molar-refractivity contribution in [2.75, 3.05) is 34.3 Å². The van der Waals surface area contributed by atoms with Gasteiger partial charge in [0.15, 0.2) is 11.5 Å². The number of aromatic hydroxyl groups is 1. The molecule has 1 aromatic carbocycles. The number of ether oxygens (including phenoxy) is 1. The summed E-state index contributed by atoms with van der Waals surface area (Å²) >= 11 is 0. The molecule has 1 aliphatic carbocycles. The summed E-state index contributed by atoms with van der Waals surface area (Å²) in [5, 5.41) is 9.75. The topological polar surface area (TPSA) is 53.0 Å². The molecule has 1 fully saturated rings. The third-order valence-electron chi connectivity index (χ3n) is 4.90. The predicted octanol–water partition coefficient (Wildman–Crippen LogP) is 3.41. The zero-order valence-corrected chi connectivity index (χ0v) is 16.5. The molecule has 2 rings (SSSR count). The van der Waals surface area contributed by atoms with Crippen LogP contribution in [0.15, 0.2) is 18.2 Å². The number of hydrogen-bond acceptors (Lipinski definition) is 4. The van der Waals surface area contributed by atoms with Crippen molar-refractivity contribution >= 4 is 18.3 Å². The van der Waals surface area contributed by atoms with Crippen molar-refractivity contribution < 1.29 is 14.6 Å². The van der Waals surface area contributed by atoms with Gasteiger partial charge in [0.2, 0.25) is 0 Å². The third kappa shape index (κ3) is 5.79.